The highest BCUT2D eigenvalue weighted by Gasteiger charge is 2.22. The summed E-state index contributed by atoms with van der Waals surface area (Å²) in [6.45, 7) is 3.88. The summed E-state index contributed by atoms with van der Waals surface area (Å²) in [6.07, 6.45) is 10.7. The van der Waals surface area contributed by atoms with Gasteiger partial charge in [-0.25, -0.2) is 4.98 Å². The normalized spacial score (nSPS) is 19.0. The highest BCUT2D eigenvalue weighted by atomic mass is 16.5. The van der Waals surface area contributed by atoms with Crippen LogP contribution in [0, 0.1) is 0 Å². The van der Waals surface area contributed by atoms with Crippen molar-refractivity contribution in [2.24, 2.45) is 0 Å². The molecule has 0 radical (unpaired) electrons. The molecule has 1 N–H and O–H groups in total. The van der Waals surface area contributed by atoms with Crippen LogP contribution in [0.3, 0.4) is 0 Å². The van der Waals surface area contributed by atoms with E-state index < -0.39 is 0 Å². The van der Waals surface area contributed by atoms with Crippen LogP contribution < -0.4 is 5.32 Å². The molecule has 2 aliphatic heterocycles. The quantitative estimate of drug-likeness (QED) is 0.554. The van der Waals surface area contributed by atoms with Crippen molar-refractivity contribution in [3.05, 3.63) is 30.1 Å². The number of hydrogen-bond acceptors (Lipinski definition) is 4. The maximum Gasteiger partial charge on any atom is 0.249 e. The first-order valence-electron chi connectivity index (χ1n) is 12.8. The highest BCUT2D eigenvalue weighted by molar-refractivity contribution is 5.81. The fourth-order valence-electron chi connectivity index (χ4n) is 4.95. The number of fused-ring (bicyclic) bond motifs is 1. The fraction of sp³-hybridized carbons (Fsp3) is 0.654. The number of carbonyl (C=O) groups is 2. The molecule has 2 amide bonds. The van der Waals surface area contributed by atoms with Crippen LogP contribution in [0.2, 0.25) is 0 Å². The number of ether oxygens (including phenoxy) is 1. The lowest BCUT2D eigenvalue weighted by atomic mass is 10.1. The predicted octanol–water partition coefficient (Wildman–Crippen LogP) is 3.84. The Balaban J connectivity index is 1.26. The fourth-order valence-corrected chi connectivity index (χ4v) is 4.95. The van der Waals surface area contributed by atoms with Crippen molar-refractivity contribution in [3.8, 4) is 0 Å². The van der Waals surface area contributed by atoms with Crippen LogP contribution in [-0.2, 0) is 27.3 Å². The van der Waals surface area contributed by atoms with Gasteiger partial charge >= 0.3 is 0 Å². The minimum absolute atomic E-state index is 0.0309. The van der Waals surface area contributed by atoms with Crippen molar-refractivity contribution in [2.45, 2.75) is 83.3 Å². The molecule has 2 saturated heterocycles. The van der Waals surface area contributed by atoms with E-state index >= 15 is 0 Å². The molecular weight excluding hydrogens is 416 g/mol. The van der Waals surface area contributed by atoms with Crippen LogP contribution in [-0.4, -0.2) is 58.6 Å². The number of amides is 2. The topological polar surface area (TPSA) is 76.5 Å². The lowest BCUT2D eigenvalue weighted by Crippen LogP contribution is -2.34. The molecule has 180 valence electrons. The second kappa shape index (κ2) is 12.2. The summed E-state index contributed by atoms with van der Waals surface area (Å²) >= 11 is 0. The van der Waals surface area contributed by atoms with E-state index in [1.54, 1.807) is 0 Å². The summed E-state index contributed by atoms with van der Waals surface area (Å²) in [5.41, 5.74) is 2.11. The van der Waals surface area contributed by atoms with Gasteiger partial charge in [0.25, 0.3) is 0 Å². The standard InChI is InChI=1S/C26H38N4O3/c31-25(29-17-8-1-2-9-18-29)15-19-30-22-12-6-5-11-21(22)28-24(30)14-4-3-7-16-27-26(32)23-13-10-20-33-23/h5-6,11-12,23H,1-4,7-10,13-20H2,(H,27,32). The molecule has 1 unspecified atom stereocenters. The Morgan fingerprint density at radius 2 is 1.85 bits per heavy atom. The summed E-state index contributed by atoms with van der Waals surface area (Å²) < 4.78 is 7.67. The van der Waals surface area contributed by atoms with E-state index in [1.807, 2.05) is 18.2 Å². The third-order valence-electron chi connectivity index (χ3n) is 6.84. The molecular formula is C26H38N4O3. The van der Waals surface area contributed by atoms with Gasteiger partial charge < -0.3 is 19.5 Å². The molecule has 7 heteroatoms. The second-order valence-corrected chi connectivity index (χ2v) is 9.32. The van der Waals surface area contributed by atoms with E-state index in [2.05, 4.69) is 20.9 Å². The average molecular weight is 455 g/mol. The van der Waals surface area contributed by atoms with Crippen molar-refractivity contribution >= 4 is 22.8 Å². The third kappa shape index (κ3) is 6.56. The van der Waals surface area contributed by atoms with Gasteiger partial charge in [-0.3, -0.25) is 9.59 Å². The maximum absolute atomic E-state index is 12.8. The minimum atomic E-state index is -0.248. The van der Waals surface area contributed by atoms with Gasteiger partial charge in [0.15, 0.2) is 0 Å². The van der Waals surface area contributed by atoms with E-state index in [9.17, 15) is 9.59 Å². The minimum Gasteiger partial charge on any atom is -0.368 e. The summed E-state index contributed by atoms with van der Waals surface area (Å²) in [7, 11) is 0. The van der Waals surface area contributed by atoms with Crippen LogP contribution in [0.5, 0.6) is 0 Å². The summed E-state index contributed by atoms with van der Waals surface area (Å²) in [5, 5.41) is 3.00. The SMILES string of the molecule is O=C(NCCCCCc1nc2ccccc2n1CCC(=O)N1CCCCCC1)C1CCCO1. The van der Waals surface area contributed by atoms with E-state index in [-0.39, 0.29) is 17.9 Å². The largest absolute Gasteiger partial charge is 0.368 e. The average Bonchev–Trinajstić information content (AvgIpc) is 3.40. The zero-order valence-corrected chi connectivity index (χ0v) is 19.8. The number of hydrogen-bond donors (Lipinski definition) is 1. The van der Waals surface area contributed by atoms with Crippen LogP contribution in [0.4, 0.5) is 0 Å². The summed E-state index contributed by atoms with van der Waals surface area (Å²) in [5.74, 6) is 1.36. The van der Waals surface area contributed by atoms with E-state index in [1.165, 1.54) is 12.8 Å². The van der Waals surface area contributed by atoms with Gasteiger partial charge in [-0.15, -0.1) is 0 Å². The smallest absolute Gasteiger partial charge is 0.249 e. The zero-order valence-electron chi connectivity index (χ0n) is 19.8. The Morgan fingerprint density at radius 1 is 1.03 bits per heavy atom. The number of nitrogens with zero attached hydrogens (tertiary/aromatic N) is 3. The van der Waals surface area contributed by atoms with Crippen molar-refractivity contribution in [3.63, 3.8) is 0 Å². The molecule has 3 heterocycles. The number of carbonyl (C=O) groups excluding carboxylic acids is 2. The Hall–Kier alpha value is -2.41. The van der Waals surface area contributed by atoms with Crippen molar-refractivity contribution in [1.82, 2.24) is 19.8 Å². The molecule has 0 spiro atoms. The molecule has 0 bridgehead atoms. The molecule has 0 saturated carbocycles. The molecule has 2 aromatic rings. The predicted molar refractivity (Wildman–Crippen MR) is 129 cm³/mol. The second-order valence-electron chi connectivity index (χ2n) is 9.32. The van der Waals surface area contributed by atoms with E-state index in [0.29, 0.717) is 26.1 Å². The number of unbranched alkanes of at least 4 members (excludes halogenated alkanes) is 2. The molecule has 4 rings (SSSR count). The lowest BCUT2D eigenvalue weighted by molar-refractivity contribution is -0.131. The summed E-state index contributed by atoms with van der Waals surface area (Å²) in [4.78, 5) is 31.8. The van der Waals surface area contributed by atoms with Crippen LogP contribution in [0.15, 0.2) is 24.3 Å². The number of aryl methyl sites for hydroxylation is 2. The van der Waals surface area contributed by atoms with Crippen molar-refractivity contribution < 1.29 is 14.3 Å². The molecule has 7 nitrogen and oxygen atoms in total. The first-order chi connectivity index (χ1) is 16.2. The molecule has 33 heavy (non-hydrogen) atoms. The highest BCUT2D eigenvalue weighted by Crippen LogP contribution is 2.19. The number of imidazole rings is 1. The number of aromatic nitrogens is 2. The number of nitrogens with one attached hydrogen (secondary N) is 1. The number of rotatable bonds is 10. The Bertz CT molecular complexity index is 911. The monoisotopic (exact) mass is 454 g/mol. The van der Waals surface area contributed by atoms with Crippen LogP contribution >= 0.6 is 0 Å². The van der Waals surface area contributed by atoms with Gasteiger partial charge in [0, 0.05) is 45.6 Å². The van der Waals surface area contributed by atoms with Gasteiger partial charge in [0.2, 0.25) is 11.8 Å². The number of para-hydroxylation sites is 2. The van der Waals surface area contributed by atoms with E-state index in [4.69, 9.17) is 9.72 Å². The van der Waals surface area contributed by atoms with Gasteiger partial charge in [0.05, 0.1) is 11.0 Å². The third-order valence-corrected chi connectivity index (χ3v) is 6.84. The maximum atomic E-state index is 12.8. The first-order valence-corrected chi connectivity index (χ1v) is 12.8. The number of likely N-dealkylation sites (tertiary alicyclic amines) is 1. The molecule has 1 aromatic carbocycles. The Labute approximate surface area is 196 Å². The molecule has 2 aliphatic rings. The van der Waals surface area contributed by atoms with Crippen molar-refractivity contribution in [2.75, 3.05) is 26.2 Å². The van der Waals surface area contributed by atoms with Crippen molar-refractivity contribution in [1.29, 1.82) is 0 Å². The van der Waals surface area contributed by atoms with Gasteiger partial charge in [0.1, 0.15) is 11.9 Å². The summed E-state index contributed by atoms with van der Waals surface area (Å²) in [6, 6.07) is 8.20. The number of benzene rings is 1. The van der Waals surface area contributed by atoms with Gasteiger partial charge in [-0.2, -0.15) is 0 Å². The van der Waals surface area contributed by atoms with Gasteiger partial charge in [-0.05, 0) is 50.7 Å². The van der Waals surface area contributed by atoms with E-state index in [0.717, 1.165) is 81.3 Å². The first kappa shape index (κ1) is 23.7. The molecule has 2 fully saturated rings. The Kier molecular flexibility index (Phi) is 8.75. The lowest BCUT2D eigenvalue weighted by Gasteiger charge is -2.20. The van der Waals surface area contributed by atoms with Crippen LogP contribution in [0.25, 0.3) is 11.0 Å². The Morgan fingerprint density at radius 3 is 2.64 bits per heavy atom. The molecule has 1 atom stereocenters. The van der Waals surface area contributed by atoms with Crippen LogP contribution in [0.1, 0.15) is 70.0 Å². The van der Waals surface area contributed by atoms with Gasteiger partial charge in [-0.1, -0.05) is 31.4 Å². The molecule has 1 aromatic heterocycles. The molecule has 0 aliphatic carbocycles. The zero-order chi connectivity index (χ0) is 22.9.